The third-order valence-corrected chi connectivity index (χ3v) is 4.93. The van der Waals surface area contributed by atoms with Crippen LogP contribution in [0.15, 0.2) is 10.2 Å². The molecule has 2 aliphatic rings. The lowest BCUT2D eigenvalue weighted by atomic mass is 9.84. The second-order valence-corrected chi connectivity index (χ2v) is 6.46. The molecule has 0 amide bonds. The average molecular weight is 298 g/mol. The molecule has 0 aromatic heterocycles. The van der Waals surface area contributed by atoms with E-state index in [0.29, 0.717) is 24.7 Å². The molecular formula is C18H26N4. The summed E-state index contributed by atoms with van der Waals surface area (Å²) in [6.07, 6.45) is 12.4. The summed E-state index contributed by atoms with van der Waals surface area (Å²) in [7, 11) is 0. The Bertz CT molecular complexity index is 446. The van der Waals surface area contributed by atoms with Crippen LogP contribution in [0.3, 0.4) is 0 Å². The second-order valence-electron chi connectivity index (χ2n) is 6.46. The first-order chi connectivity index (χ1) is 10.8. The van der Waals surface area contributed by atoms with Gasteiger partial charge in [0.05, 0.1) is 12.1 Å². The van der Waals surface area contributed by atoms with E-state index in [9.17, 15) is 0 Å². The predicted molar refractivity (Wildman–Crippen MR) is 88.5 cm³/mol. The topological polar surface area (TPSA) is 72.3 Å². The Hall–Kier alpha value is -1.68. The van der Waals surface area contributed by atoms with Gasteiger partial charge in [-0.15, -0.1) is 0 Å². The molecule has 0 spiro atoms. The Morgan fingerprint density at radius 3 is 1.64 bits per heavy atom. The molecule has 2 saturated carbocycles. The first kappa shape index (κ1) is 16.7. The van der Waals surface area contributed by atoms with Crippen LogP contribution < -0.4 is 0 Å². The van der Waals surface area contributed by atoms with Crippen LogP contribution >= 0.6 is 0 Å². The normalized spacial score (nSPS) is 29.2. The summed E-state index contributed by atoms with van der Waals surface area (Å²) in [4.78, 5) is 0. The lowest BCUT2D eigenvalue weighted by Gasteiger charge is -2.24. The maximum Gasteiger partial charge on any atom is 0.0621 e. The van der Waals surface area contributed by atoms with Crippen LogP contribution in [0.1, 0.15) is 77.0 Å². The molecule has 2 fully saturated rings. The number of rotatable bonds is 5. The summed E-state index contributed by atoms with van der Waals surface area (Å²) < 4.78 is 0. The molecule has 118 valence electrons. The number of hydrogen-bond acceptors (Lipinski definition) is 4. The molecule has 2 rings (SSSR count). The lowest BCUT2D eigenvalue weighted by Crippen LogP contribution is -2.21. The Kier molecular flexibility index (Phi) is 7.10. The largest absolute Gasteiger partial charge is 0.198 e. The van der Waals surface area contributed by atoms with Crippen LogP contribution in [0.25, 0.3) is 0 Å². The number of nitriles is 2. The minimum atomic E-state index is 0.457. The van der Waals surface area contributed by atoms with Crippen LogP contribution in [-0.2, 0) is 0 Å². The van der Waals surface area contributed by atoms with Gasteiger partial charge in [-0.1, -0.05) is 12.8 Å². The van der Waals surface area contributed by atoms with Crippen LogP contribution in [0.2, 0.25) is 0 Å². The highest BCUT2D eigenvalue weighted by atomic mass is 15.2. The molecule has 2 aliphatic carbocycles. The van der Waals surface area contributed by atoms with Crippen molar-refractivity contribution < 1.29 is 0 Å². The molecule has 0 heterocycles. The Labute approximate surface area is 133 Å². The summed E-state index contributed by atoms with van der Waals surface area (Å²) in [5.74, 6) is 0.915. The van der Waals surface area contributed by atoms with Crippen LogP contribution in [0.4, 0.5) is 0 Å². The van der Waals surface area contributed by atoms with Gasteiger partial charge >= 0.3 is 0 Å². The van der Waals surface area contributed by atoms with E-state index in [1.54, 1.807) is 0 Å². The number of hydrogen-bond donors (Lipinski definition) is 0. The highest BCUT2D eigenvalue weighted by molar-refractivity contribution is 5.90. The van der Waals surface area contributed by atoms with Gasteiger partial charge in [0, 0.05) is 36.1 Å². The van der Waals surface area contributed by atoms with E-state index < -0.39 is 0 Å². The second kappa shape index (κ2) is 9.36. The molecule has 4 heteroatoms. The standard InChI is InChI=1S/C18H26N4/c19-13-5-9-15-7-1-3-11-17(15)21-22-18-12-4-2-8-16(18)10-6-14-20/h15-16H,1-12H2/b21-17+,22-18+. The molecule has 0 aromatic rings. The molecule has 0 aromatic carbocycles. The Morgan fingerprint density at radius 2 is 1.23 bits per heavy atom. The van der Waals surface area contributed by atoms with Gasteiger partial charge in [-0.3, -0.25) is 0 Å². The van der Waals surface area contributed by atoms with Crippen LogP contribution in [0, 0.1) is 34.5 Å². The Balaban J connectivity index is 2.04. The highest BCUT2D eigenvalue weighted by Crippen LogP contribution is 2.28. The van der Waals surface area contributed by atoms with Crippen molar-refractivity contribution in [3.63, 3.8) is 0 Å². The lowest BCUT2D eigenvalue weighted by molar-refractivity contribution is 0.494. The summed E-state index contributed by atoms with van der Waals surface area (Å²) >= 11 is 0. The van der Waals surface area contributed by atoms with Crippen molar-refractivity contribution in [1.82, 2.24) is 0 Å². The van der Waals surface area contributed by atoms with E-state index in [0.717, 1.165) is 38.5 Å². The molecule has 0 N–H and O–H groups in total. The van der Waals surface area contributed by atoms with Gasteiger partial charge in [-0.05, 0) is 51.4 Å². The van der Waals surface area contributed by atoms with Gasteiger partial charge in [0.2, 0.25) is 0 Å². The molecule has 0 aliphatic heterocycles. The minimum absolute atomic E-state index is 0.457. The maximum absolute atomic E-state index is 8.79. The van der Waals surface area contributed by atoms with Crippen molar-refractivity contribution in [2.45, 2.75) is 77.0 Å². The van der Waals surface area contributed by atoms with E-state index >= 15 is 0 Å². The van der Waals surface area contributed by atoms with Gasteiger partial charge in [-0.2, -0.15) is 20.7 Å². The summed E-state index contributed by atoms with van der Waals surface area (Å²) in [6, 6.07) is 4.50. The van der Waals surface area contributed by atoms with E-state index in [4.69, 9.17) is 10.5 Å². The molecule has 2 atom stereocenters. The molecular weight excluding hydrogens is 272 g/mol. The van der Waals surface area contributed by atoms with Crippen molar-refractivity contribution in [2.75, 3.05) is 0 Å². The molecule has 0 bridgehead atoms. The first-order valence-corrected chi connectivity index (χ1v) is 8.72. The van der Waals surface area contributed by atoms with Crippen molar-refractivity contribution in [2.24, 2.45) is 22.0 Å². The quantitative estimate of drug-likeness (QED) is 0.686. The zero-order valence-electron chi connectivity index (χ0n) is 13.4. The summed E-state index contributed by atoms with van der Waals surface area (Å²) in [6.45, 7) is 0. The molecule has 22 heavy (non-hydrogen) atoms. The van der Waals surface area contributed by atoms with Gasteiger partial charge in [0.25, 0.3) is 0 Å². The SMILES string of the molecule is N#CCCC1CCCC/C1=N\N=C1/CCCCC1CCC#N. The van der Waals surface area contributed by atoms with Gasteiger partial charge in [0.1, 0.15) is 0 Å². The molecule has 2 unspecified atom stereocenters. The third kappa shape index (κ3) is 4.95. The fourth-order valence-electron chi connectivity index (χ4n) is 3.63. The molecule has 0 radical (unpaired) electrons. The van der Waals surface area contributed by atoms with Gasteiger partial charge in [-0.25, -0.2) is 0 Å². The van der Waals surface area contributed by atoms with Crippen LogP contribution in [0.5, 0.6) is 0 Å². The zero-order valence-corrected chi connectivity index (χ0v) is 13.4. The fraction of sp³-hybridized carbons (Fsp3) is 0.778. The Morgan fingerprint density at radius 1 is 0.773 bits per heavy atom. The zero-order chi connectivity index (χ0) is 15.6. The minimum Gasteiger partial charge on any atom is -0.198 e. The van der Waals surface area contributed by atoms with Crippen molar-refractivity contribution >= 4 is 11.4 Å². The fourth-order valence-corrected chi connectivity index (χ4v) is 3.63. The monoisotopic (exact) mass is 298 g/mol. The van der Waals surface area contributed by atoms with Crippen molar-refractivity contribution in [3.8, 4) is 12.1 Å². The highest BCUT2D eigenvalue weighted by Gasteiger charge is 2.22. The van der Waals surface area contributed by atoms with E-state index in [1.165, 1.54) is 37.1 Å². The maximum atomic E-state index is 8.79. The summed E-state index contributed by atoms with van der Waals surface area (Å²) in [5.41, 5.74) is 2.41. The van der Waals surface area contributed by atoms with Gasteiger partial charge in [0.15, 0.2) is 0 Å². The number of nitrogens with zero attached hydrogens (tertiary/aromatic N) is 4. The van der Waals surface area contributed by atoms with Crippen molar-refractivity contribution in [1.29, 1.82) is 10.5 Å². The van der Waals surface area contributed by atoms with E-state index in [2.05, 4.69) is 22.3 Å². The smallest absolute Gasteiger partial charge is 0.0621 e. The van der Waals surface area contributed by atoms with Gasteiger partial charge < -0.3 is 0 Å². The van der Waals surface area contributed by atoms with Crippen LogP contribution in [-0.4, -0.2) is 11.4 Å². The van der Waals surface area contributed by atoms with E-state index in [-0.39, 0.29) is 0 Å². The average Bonchev–Trinajstić information content (AvgIpc) is 2.57. The summed E-state index contributed by atoms with van der Waals surface area (Å²) in [5, 5.41) is 26.8. The van der Waals surface area contributed by atoms with Crippen molar-refractivity contribution in [3.05, 3.63) is 0 Å². The first-order valence-electron chi connectivity index (χ1n) is 8.72. The molecule has 4 nitrogen and oxygen atoms in total. The third-order valence-electron chi connectivity index (χ3n) is 4.93. The predicted octanol–water partition coefficient (Wildman–Crippen LogP) is 4.77. The van der Waals surface area contributed by atoms with E-state index in [1.807, 2.05) is 0 Å². The molecule has 0 saturated heterocycles.